The number of thiol groups is 1. The summed E-state index contributed by atoms with van der Waals surface area (Å²) in [6, 6.07) is 6.44. The lowest BCUT2D eigenvalue weighted by Gasteiger charge is -2.42. The topological polar surface area (TPSA) is 49.6 Å². The van der Waals surface area contributed by atoms with Gasteiger partial charge in [-0.15, -0.1) is 0 Å². The molecule has 1 amide bonds. The highest BCUT2D eigenvalue weighted by molar-refractivity contribution is 7.98. The molecule has 0 aliphatic carbocycles. The Hall–Kier alpha value is -0.690. The molecule has 0 bridgehead atoms. The normalized spacial score (nSPS) is 19.9. The third-order valence-electron chi connectivity index (χ3n) is 5.09. The fourth-order valence-electron chi connectivity index (χ4n) is 3.36. The zero-order valence-corrected chi connectivity index (χ0v) is 17.3. The number of thioether (sulfide) groups is 1. The van der Waals surface area contributed by atoms with Crippen LogP contribution in [0.5, 0.6) is 0 Å². The summed E-state index contributed by atoms with van der Waals surface area (Å²) >= 11 is 6.17. The zero-order chi connectivity index (χ0) is 18.4. The molecule has 4 nitrogen and oxygen atoms in total. The molecule has 2 rings (SSSR count). The minimum atomic E-state index is 0.0846. The summed E-state index contributed by atoms with van der Waals surface area (Å²) in [5.74, 6) is 1.95. The van der Waals surface area contributed by atoms with E-state index < -0.39 is 0 Å². The van der Waals surface area contributed by atoms with Crippen LogP contribution < -0.4 is 5.73 Å². The molecular formula is C19H31N3OS2. The molecule has 1 heterocycles. The van der Waals surface area contributed by atoms with E-state index in [0.29, 0.717) is 11.8 Å². The smallest absolute Gasteiger partial charge is 0.254 e. The van der Waals surface area contributed by atoms with Crippen LogP contribution in [0.3, 0.4) is 0 Å². The predicted molar refractivity (Wildman–Crippen MR) is 112 cm³/mol. The fraction of sp³-hybridized carbons (Fsp3) is 0.632. The van der Waals surface area contributed by atoms with E-state index in [4.69, 9.17) is 5.73 Å². The average molecular weight is 382 g/mol. The molecule has 1 aromatic rings. The first-order valence-corrected chi connectivity index (χ1v) is 11.0. The highest BCUT2D eigenvalue weighted by atomic mass is 32.2. The van der Waals surface area contributed by atoms with Crippen LogP contribution in [0.25, 0.3) is 0 Å². The van der Waals surface area contributed by atoms with Gasteiger partial charge in [-0.05, 0) is 49.5 Å². The number of carbonyl (C=O) groups excluding carboxylic acids is 1. The third-order valence-corrected chi connectivity index (χ3v) is 6.20. The van der Waals surface area contributed by atoms with Gasteiger partial charge in [-0.3, -0.25) is 9.69 Å². The van der Waals surface area contributed by atoms with Gasteiger partial charge in [0.05, 0.1) is 0 Å². The highest BCUT2D eigenvalue weighted by Crippen LogP contribution is 2.20. The van der Waals surface area contributed by atoms with E-state index in [1.165, 1.54) is 5.56 Å². The minimum absolute atomic E-state index is 0.0846. The van der Waals surface area contributed by atoms with Crippen LogP contribution in [-0.4, -0.2) is 71.7 Å². The molecule has 1 aromatic carbocycles. The summed E-state index contributed by atoms with van der Waals surface area (Å²) in [6.45, 7) is 7.39. The Morgan fingerprint density at radius 2 is 2.16 bits per heavy atom. The van der Waals surface area contributed by atoms with E-state index in [1.807, 2.05) is 35.7 Å². The Balaban J connectivity index is 2.10. The molecule has 2 unspecified atom stereocenters. The van der Waals surface area contributed by atoms with Crippen molar-refractivity contribution in [3.63, 3.8) is 0 Å². The number of hydrogen-bond acceptors (Lipinski definition) is 5. The van der Waals surface area contributed by atoms with Crippen LogP contribution in [0.4, 0.5) is 0 Å². The quantitative estimate of drug-likeness (QED) is 0.712. The molecule has 0 spiro atoms. The first kappa shape index (κ1) is 20.6. The van der Waals surface area contributed by atoms with Crippen molar-refractivity contribution in [2.75, 3.05) is 43.9 Å². The second-order valence-corrected chi connectivity index (χ2v) is 8.22. The molecule has 1 aliphatic rings. The van der Waals surface area contributed by atoms with Crippen LogP contribution in [0.1, 0.15) is 27.9 Å². The molecule has 0 saturated carbocycles. The number of aryl methyl sites for hydroxylation is 1. The Kier molecular flexibility index (Phi) is 8.13. The molecule has 1 saturated heterocycles. The van der Waals surface area contributed by atoms with E-state index >= 15 is 0 Å². The first-order valence-electron chi connectivity index (χ1n) is 8.92. The predicted octanol–water partition coefficient (Wildman–Crippen LogP) is 2.44. The molecule has 6 heteroatoms. The Morgan fingerprint density at radius 1 is 1.40 bits per heavy atom. The number of piperazine rings is 1. The van der Waals surface area contributed by atoms with Gasteiger partial charge >= 0.3 is 0 Å². The number of nitrogens with zero attached hydrogens (tertiary/aromatic N) is 2. The van der Waals surface area contributed by atoms with Crippen molar-refractivity contribution in [2.45, 2.75) is 32.4 Å². The maximum absolute atomic E-state index is 13.0. The van der Waals surface area contributed by atoms with Gasteiger partial charge in [-0.2, -0.15) is 24.4 Å². The average Bonchev–Trinajstić information content (AvgIpc) is 2.62. The van der Waals surface area contributed by atoms with Crippen molar-refractivity contribution in [3.8, 4) is 0 Å². The van der Waals surface area contributed by atoms with Crippen LogP contribution in [0.15, 0.2) is 18.2 Å². The highest BCUT2D eigenvalue weighted by Gasteiger charge is 2.30. The van der Waals surface area contributed by atoms with E-state index in [1.54, 1.807) is 0 Å². The minimum Gasteiger partial charge on any atom is -0.336 e. The third kappa shape index (κ3) is 5.39. The largest absolute Gasteiger partial charge is 0.336 e. The number of amides is 1. The van der Waals surface area contributed by atoms with Crippen molar-refractivity contribution in [3.05, 3.63) is 34.9 Å². The monoisotopic (exact) mass is 381 g/mol. The molecule has 140 valence electrons. The van der Waals surface area contributed by atoms with E-state index in [-0.39, 0.29) is 11.9 Å². The lowest BCUT2D eigenvalue weighted by molar-refractivity contribution is 0.0465. The van der Waals surface area contributed by atoms with Gasteiger partial charge in [0, 0.05) is 49.6 Å². The summed E-state index contributed by atoms with van der Waals surface area (Å²) in [5.41, 5.74) is 9.21. The molecule has 25 heavy (non-hydrogen) atoms. The Bertz CT molecular complexity index is 582. The van der Waals surface area contributed by atoms with E-state index in [2.05, 4.69) is 36.8 Å². The Labute approximate surface area is 161 Å². The summed E-state index contributed by atoms with van der Waals surface area (Å²) in [7, 11) is 0. The summed E-state index contributed by atoms with van der Waals surface area (Å²) < 4.78 is 0. The van der Waals surface area contributed by atoms with E-state index in [0.717, 1.165) is 49.5 Å². The van der Waals surface area contributed by atoms with Gasteiger partial charge in [0.2, 0.25) is 0 Å². The number of nitrogens with two attached hydrogens (primary N) is 1. The SMILES string of the molecule is CSCCC1CN(C(=O)c2cccc(C)c2C)CCN1CC(N)CS. The molecule has 0 aromatic heterocycles. The molecule has 1 aliphatic heterocycles. The molecule has 1 fully saturated rings. The molecule has 0 radical (unpaired) electrons. The van der Waals surface area contributed by atoms with E-state index in [9.17, 15) is 4.79 Å². The second kappa shape index (κ2) is 9.86. The van der Waals surface area contributed by atoms with Gasteiger partial charge in [-0.1, -0.05) is 12.1 Å². The second-order valence-electron chi connectivity index (χ2n) is 6.87. The molecule has 2 atom stereocenters. The van der Waals surface area contributed by atoms with Crippen molar-refractivity contribution in [1.29, 1.82) is 0 Å². The number of hydrogen-bond donors (Lipinski definition) is 2. The van der Waals surface area contributed by atoms with Crippen LogP contribution in [0, 0.1) is 13.8 Å². The molecular weight excluding hydrogens is 350 g/mol. The maximum Gasteiger partial charge on any atom is 0.254 e. The van der Waals surface area contributed by atoms with Crippen molar-refractivity contribution in [1.82, 2.24) is 9.80 Å². The molecule has 2 N–H and O–H groups in total. The van der Waals surface area contributed by atoms with Crippen LogP contribution in [0.2, 0.25) is 0 Å². The van der Waals surface area contributed by atoms with Gasteiger partial charge in [0.25, 0.3) is 5.91 Å². The van der Waals surface area contributed by atoms with Gasteiger partial charge in [0.1, 0.15) is 0 Å². The standard InChI is InChI=1S/C19H31N3OS2/c1-14-5-4-6-18(15(14)2)19(23)22-9-8-21(11-16(20)13-24)17(12-22)7-10-25-3/h4-6,16-17,24H,7-13,20H2,1-3H3. The number of carbonyl (C=O) groups is 1. The van der Waals surface area contributed by atoms with Gasteiger partial charge < -0.3 is 10.6 Å². The summed E-state index contributed by atoms with van der Waals surface area (Å²) in [6.07, 6.45) is 3.21. The lowest BCUT2D eigenvalue weighted by Crippen LogP contribution is -2.57. The number of benzene rings is 1. The summed E-state index contributed by atoms with van der Waals surface area (Å²) in [5, 5.41) is 0. The summed E-state index contributed by atoms with van der Waals surface area (Å²) in [4.78, 5) is 17.5. The Morgan fingerprint density at radius 3 is 2.84 bits per heavy atom. The van der Waals surface area contributed by atoms with Crippen LogP contribution >= 0.6 is 24.4 Å². The van der Waals surface area contributed by atoms with Gasteiger partial charge in [0.15, 0.2) is 0 Å². The fourth-order valence-corrected chi connectivity index (χ4v) is 3.98. The van der Waals surface area contributed by atoms with Crippen LogP contribution in [-0.2, 0) is 0 Å². The van der Waals surface area contributed by atoms with Gasteiger partial charge in [-0.25, -0.2) is 0 Å². The van der Waals surface area contributed by atoms with Crippen molar-refractivity contribution >= 4 is 30.3 Å². The lowest BCUT2D eigenvalue weighted by atomic mass is 10.0. The number of rotatable bonds is 7. The first-order chi connectivity index (χ1) is 12.0. The zero-order valence-electron chi connectivity index (χ0n) is 15.6. The van der Waals surface area contributed by atoms with Crippen molar-refractivity contribution < 1.29 is 4.79 Å². The maximum atomic E-state index is 13.0. The van der Waals surface area contributed by atoms with Crippen molar-refractivity contribution in [2.24, 2.45) is 5.73 Å².